The first-order chi connectivity index (χ1) is 28.2. The lowest BCUT2D eigenvalue weighted by atomic mass is 9.83. The number of halogens is 2. The molecule has 3 N–H and O–H groups in total. The van der Waals surface area contributed by atoms with E-state index in [0.717, 1.165) is 28.8 Å². The molecule has 0 bridgehead atoms. The Morgan fingerprint density at radius 2 is 1.47 bits per heavy atom. The highest BCUT2D eigenvalue weighted by molar-refractivity contribution is 8.00. The summed E-state index contributed by atoms with van der Waals surface area (Å²) in [6.45, 7) is 0. The van der Waals surface area contributed by atoms with Gasteiger partial charge >= 0.3 is 5.97 Å². The number of anilines is 2. The normalized spacial score (nSPS) is 14.1. The topological polar surface area (TPSA) is 114 Å². The van der Waals surface area contributed by atoms with Gasteiger partial charge in [0.2, 0.25) is 5.91 Å². The molecular weight excluding hydrogens is 810 g/mol. The van der Waals surface area contributed by atoms with Crippen LogP contribution in [0.1, 0.15) is 65.4 Å². The summed E-state index contributed by atoms with van der Waals surface area (Å²) in [5.74, 6) is -1.61. The molecule has 5 aromatic carbocycles. The van der Waals surface area contributed by atoms with E-state index >= 15 is 0 Å². The van der Waals surface area contributed by atoms with Gasteiger partial charge in [-0.25, -0.2) is 4.79 Å². The van der Waals surface area contributed by atoms with E-state index in [2.05, 4.69) is 28.1 Å². The summed E-state index contributed by atoms with van der Waals surface area (Å²) in [5.41, 5.74) is 4.38. The van der Waals surface area contributed by atoms with Crippen LogP contribution >= 0.6 is 46.3 Å². The van der Waals surface area contributed by atoms with Crippen molar-refractivity contribution >= 4 is 86.8 Å². The maximum atomic E-state index is 14.4. The summed E-state index contributed by atoms with van der Waals surface area (Å²) in [7, 11) is 1.35. The second-order valence-corrected chi connectivity index (χ2v) is 16.5. The molecule has 0 fully saturated rings. The minimum Gasteiger partial charge on any atom is -0.465 e. The fourth-order valence-corrected chi connectivity index (χ4v) is 9.71. The molecule has 0 aliphatic heterocycles. The van der Waals surface area contributed by atoms with Crippen molar-refractivity contribution in [3.05, 3.63) is 187 Å². The van der Waals surface area contributed by atoms with Gasteiger partial charge in [0, 0.05) is 36.6 Å². The standard InChI is InChI=1S/C46H37Cl2N3O5S2/c1-56-46(55)40-34-24-23-31(28-13-5-2-6-14-28)25-39(34)58-45(40)51-44(54)41(29-15-7-3-8-16-29)57-33-20-11-19-32(26-33)49-43(53)38(27-35-36(47)21-12-22-37(35)48)50-42(52)30-17-9-4-10-18-30/h2-22,26-27,31,41H,23-25H2,1H3,(H,49,53)(H,50,52)(H,51,54)/b38-27+. The molecule has 3 amide bonds. The summed E-state index contributed by atoms with van der Waals surface area (Å²) >= 11 is 15.6. The monoisotopic (exact) mass is 845 g/mol. The number of esters is 1. The first-order valence-corrected chi connectivity index (χ1v) is 20.9. The van der Waals surface area contributed by atoms with Crippen LogP contribution in [0.15, 0.2) is 144 Å². The van der Waals surface area contributed by atoms with Crippen LogP contribution < -0.4 is 16.0 Å². The van der Waals surface area contributed by atoms with Gasteiger partial charge in [-0.2, -0.15) is 0 Å². The molecule has 2 atom stereocenters. The van der Waals surface area contributed by atoms with Gasteiger partial charge < -0.3 is 20.7 Å². The average Bonchev–Trinajstić information content (AvgIpc) is 3.61. The molecule has 1 aromatic heterocycles. The molecule has 1 aliphatic carbocycles. The number of ether oxygens (including phenoxy) is 1. The zero-order chi connectivity index (χ0) is 40.6. The van der Waals surface area contributed by atoms with Crippen molar-refractivity contribution in [2.45, 2.75) is 35.3 Å². The van der Waals surface area contributed by atoms with Gasteiger partial charge in [-0.1, -0.05) is 114 Å². The van der Waals surface area contributed by atoms with Crippen LogP contribution in [0.3, 0.4) is 0 Å². The number of carbonyl (C=O) groups excluding carboxylic acids is 4. The SMILES string of the molecule is COC(=O)c1c(NC(=O)C(Sc2cccc(NC(=O)/C(=C\c3c(Cl)cccc3Cl)NC(=O)c3ccccc3)c2)c2ccccc2)sc2c1CCC(c1ccccc1)C2. The Morgan fingerprint density at radius 1 is 0.810 bits per heavy atom. The van der Waals surface area contributed by atoms with Crippen LogP contribution in [-0.2, 0) is 27.2 Å². The lowest BCUT2D eigenvalue weighted by molar-refractivity contribution is -0.116. The third-order valence-electron chi connectivity index (χ3n) is 9.67. The minimum atomic E-state index is -0.739. The van der Waals surface area contributed by atoms with Crippen LogP contribution in [0.2, 0.25) is 10.0 Å². The molecule has 6 aromatic rings. The van der Waals surface area contributed by atoms with Gasteiger partial charge in [-0.05, 0) is 90.4 Å². The number of methoxy groups -OCH3 is 1. The number of amides is 3. The van der Waals surface area contributed by atoms with Crippen molar-refractivity contribution in [2.75, 3.05) is 17.7 Å². The van der Waals surface area contributed by atoms with E-state index in [1.807, 2.05) is 54.6 Å². The predicted molar refractivity (Wildman–Crippen MR) is 234 cm³/mol. The Morgan fingerprint density at radius 3 is 2.16 bits per heavy atom. The number of fused-ring (bicyclic) bond motifs is 1. The van der Waals surface area contributed by atoms with Crippen molar-refractivity contribution in [3.8, 4) is 0 Å². The highest BCUT2D eigenvalue weighted by Gasteiger charge is 2.32. The quantitative estimate of drug-likeness (QED) is 0.0642. The smallest absolute Gasteiger partial charge is 0.341 e. The van der Waals surface area contributed by atoms with Gasteiger partial charge in [-0.15, -0.1) is 23.1 Å². The predicted octanol–water partition coefficient (Wildman–Crippen LogP) is 11.0. The van der Waals surface area contributed by atoms with Gasteiger partial charge in [0.25, 0.3) is 11.8 Å². The highest BCUT2D eigenvalue weighted by atomic mass is 35.5. The Labute approximate surface area is 354 Å². The van der Waals surface area contributed by atoms with Gasteiger partial charge in [0.1, 0.15) is 15.9 Å². The van der Waals surface area contributed by atoms with Crippen molar-refractivity contribution in [1.82, 2.24) is 5.32 Å². The zero-order valence-corrected chi connectivity index (χ0v) is 34.3. The highest BCUT2D eigenvalue weighted by Crippen LogP contribution is 2.44. The lowest BCUT2D eigenvalue weighted by Crippen LogP contribution is -2.30. The van der Waals surface area contributed by atoms with Crippen LogP contribution in [0.4, 0.5) is 10.7 Å². The van der Waals surface area contributed by atoms with E-state index in [4.69, 9.17) is 27.9 Å². The van der Waals surface area contributed by atoms with Crippen molar-refractivity contribution in [3.63, 3.8) is 0 Å². The number of hydrogen-bond acceptors (Lipinski definition) is 7. The average molecular weight is 847 g/mol. The maximum absolute atomic E-state index is 14.4. The van der Waals surface area contributed by atoms with Crippen LogP contribution in [-0.4, -0.2) is 30.8 Å². The van der Waals surface area contributed by atoms with E-state index in [1.54, 1.807) is 66.7 Å². The summed E-state index contributed by atoms with van der Waals surface area (Å²) in [4.78, 5) is 56.4. The Balaban J connectivity index is 1.14. The summed E-state index contributed by atoms with van der Waals surface area (Å²) in [6, 6.07) is 40.2. The molecule has 1 aliphatic rings. The van der Waals surface area contributed by atoms with E-state index in [9.17, 15) is 19.2 Å². The molecule has 0 radical (unpaired) electrons. The molecule has 0 spiro atoms. The van der Waals surface area contributed by atoms with Crippen molar-refractivity contribution < 1.29 is 23.9 Å². The molecule has 1 heterocycles. The van der Waals surface area contributed by atoms with Crippen molar-refractivity contribution in [2.24, 2.45) is 0 Å². The maximum Gasteiger partial charge on any atom is 0.341 e. The molecule has 292 valence electrons. The number of benzene rings is 5. The molecular formula is C46H37Cl2N3O5S2. The lowest BCUT2D eigenvalue weighted by Gasteiger charge is -2.22. The number of rotatable bonds is 12. The Bertz CT molecular complexity index is 2470. The number of nitrogens with one attached hydrogen (secondary N) is 3. The van der Waals surface area contributed by atoms with E-state index in [-0.39, 0.29) is 11.6 Å². The van der Waals surface area contributed by atoms with E-state index in [0.29, 0.717) is 54.7 Å². The molecule has 0 saturated carbocycles. The second kappa shape index (κ2) is 18.7. The first-order valence-electron chi connectivity index (χ1n) is 18.4. The Hall–Kier alpha value is -5.65. The fraction of sp³-hybridized carbons (Fsp3) is 0.130. The second-order valence-electron chi connectivity index (χ2n) is 13.4. The molecule has 7 rings (SSSR count). The number of thiophene rings is 1. The Kier molecular flexibility index (Phi) is 13.1. The van der Waals surface area contributed by atoms with E-state index in [1.165, 1.54) is 41.8 Å². The third-order valence-corrected chi connectivity index (χ3v) is 12.7. The number of carbonyl (C=O) groups is 4. The summed E-state index contributed by atoms with van der Waals surface area (Å²) in [5, 5.41) is 9.02. The van der Waals surface area contributed by atoms with Gasteiger partial charge in [-0.3, -0.25) is 14.4 Å². The minimum absolute atomic E-state index is 0.0846. The van der Waals surface area contributed by atoms with Crippen LogP contribution in [0.25, 0.3) is 6.08 Å². The summed E-state index contributed by atoms with van der Waals surface area (Å²) in [6.07, 6.45) is 3.77. The largest absolute Gasteiger partial charge is 0.465 e. The third kappa shape index (κ3) is 9.54. The van der Waals surface area contributed by atoms with Gasteiger partial charge in [0.05, 0.1) is 12.7 Å². The fourth-order valence-electron chi connectivity index (χ4n) is 6.80. The first kappa shape index (κ1) is 40.5. The zero-order valence-electron chi connectivity index (χ0n) is 31.2. The molecule has 8 nitrogen and oxygen atoms in total. The number of hydrogen-bond donors (Lipinski definition) is 3. The number of thioether (sulfide) groups is 1. The molecule has 58 heavy (non-hydrogen) atoms. The molecule has 2 unspecified atom stereocenters. The van der Waals surface area contributed by atoms with E-state index < -0.39 is 23.0 Å². The van der Waals surface area contributed by atoms with Crippen molar-refractivity contribution in [1.29, 1.82) is 0 Å². The molecule has 12 heteroatoms. The van der Waals surface area contributed by atoms with Crippen LogP contribution in [0.5, 0.6) is 0 Å². The molecule has 0 saturated heterocycles. The van der Waals surface area contributed by atoms with Crippen LogP contribution in [0, 0.1) is 0 Å². The van der Waals surface area contributed by atoms with Gasteiger partial charge in [0.15, 0.2) is 0 Å². The summed E-state index contributed by atoms with van der Waals surface area (Å²) < 4.78 is 5.22.